The van der Waals surface area contributed by atoms with Crippen molar-refractivity contribution < 1.29 is 9.15 Å². The monoisotopic (exact) mass is 475 g/mol. The minimum Gasteiger partial charge on any atom is -0.469 e. The minimum atomic E-state index is -0.0909. The molecule has 1 aliphatic heterocycles. The predicted octanol–water partition coefficient (Wildman–Crippen LogP) is 3.81. The van der Waals surface area contributed by atoms with Crippen molar-refractivity contribution in [2.75, 3.05) is 19.7 Å². The van der Waals surface area contributed by atoms with Crippen LogP contribution >= 0.6 is 35.3 Å². The Balaban J connectivity index is 0.00000225. The summed E-state index contributed by atoms with van der Waals surface area (Å²) in [5, 5.41) is 8.90. The lowest BCUT2D eigenvalue weighted by atomic mass is 10.0. The molecule has 5 nitrogen and oxygen atoms in total. The van der Waals surface area contributed by atoms with E-state index in [9.17, 15) is 0 Å². The summed E-state index contributed by atoms with van der Waals surface area (Å²) >= 11 is 1.73. The summed E-state index contributed by atoms with van der Waals surface area (Å²) in [7, 11) is 0. The van der Waals surface area contributed by atoms with Gasteiger partial charge in [0.1, 0.15) is 5.76 Å². The molecule has 2 aromatic rings. The summed E-state index contributed by atoms with van der Waals surface area (Å²) < 4.78 is 11.2. The van der Waals surface area contributed by atoms with Gasteiger partial charge >= 0.3 is 0 Å². The number of furan rings is 1. The SMILES string of the molecule is CC1(CNC(=NCc2cccs2)NCCc2ccco2)CCCO1.I. The molecule has 1 atom stereocenters. The molecule has 2 aromatic heterocycles. The Morgan fingerprint density at radius 3 is 2.92 bits per heavy atom. The van der Waals surface area contributed by atoms with E-state index in [0.717, 1.165) is 50.7 Å². The molecule has 1 fully saturated rings. The van der Waals surface area contributed by atoms with Crippen LogP contribution in [-0.2, 0) is 17.7 Å². The molecule has 0 amide bonds. The van der Waals surface area contributed by atoms with Gasteiger partial charge in [0.2, 0.25) is 0 Å². The topological polar surface area (TPSA) is 58.8 Å². The number of halogens is 1. The van der Waals surface area contributed by atoms with Crippen molar-refractivity contribution in [2.24, 2.45) is 4.99 Å². The van der Waals surface area contributed by atoms with E-state index in [1.165, 1.54) is 4.88 Å². The second-order valence-corrected chi connectivity index (χ2v) is 7.29. The molecule has 0 aromatic carbocycles. The van der Waals surface area contributed by atoms with Gasteiger partial charge in [-0.3, -0.25) is 0 Å². The number of rotatable bonds is 7. The molecule has 3 heterocycles. The highest BCUT2D eigenvalue weighted by atomic mass is 127. The number of nitrogens with zero attached hydrogens (tertiary/aromatic N) is 1. The fourth-order valence-corrected chi connectivity index (χ4v) is 3.37. The Morgan fingerprint density at radius 2 is 2.24 bits per heavy atom. The smallest absolute Gasteiger partial charge is 0.191 e. The molecular formula is C18H26IN3O2S. The van der Waals surface area contributed by atoms with E-state index < -0.39 is 0 Å². The Labute approximate surface area is 170 Å². The minimum absolute atomic E-state index is 0. The molecule has 0 saturated carbocycles. The fraction of sp³-hybridized carbons (Fsp3) is 0.500. The Morgan fingerprint density at radius 1 is 1.32 bits per heavy atom. The van der Waals surface area contributed by atoms with E-state index in [2.05, 4.69) is 35.1 Å². The standard InChI is InChI=1S/C18H25N3O2S.HI/c1-18(8-4-11-23-18)14-21-17(20-13-16-6-3-12-24-16)19-9-7-15-5-2-10-22-15;/h2-3,5-6,10,12H,4,7-9,11,13-14H2,1H3,(H2,19,20,21);1H. The van der Waals surface area contributed by atoms with Gasteiger partial charge in [-0.2, -0.15) is 0 Å². The third-order valence-electron chi connectivity index (χ3n) is 4.15. The molecule has 0 bridgehead atoms. The van der Waals surface area contributed by atoms with Crippen molar-refractivity contribution in [2.45, 2.75) is 38.3 Å². The first-order chi connectivity index (χ1) is 11.7. The van der Waals surface area contributed by atoms with E-state index in [1.807, 2.05) is 12.1 Å². The zero-order chi connectivity index (χ0) is 16.7. The molecule has 1 saturated heterocycles. The van der Waals surface area contributed by atoms with Gasteiger partial charge in [0, 0.05) is 31.0 Å². The van der Waals surface area contributed by atoms with Gasteiger partial charge in [-0.15, -0.1) is 35.3 Å². The molecule has 2 N–H and O–H groups in total. The predicted molar refractivity (Wildman–Crippen MR) is 113 cm³/mol. The number of aliphatic imine (C=N–C) groups is 1. The number of ether oxygens (including phenoxy) is 1. The maximum absolute atomic E-state index is 5.85. The van der Waals surface area contributed by atoms with E-state index in [1.54, 1.807) is 17.6 Å². The molecule has 0 radical (unpaired) electrons. The molecule has 7 heteroatoms. The summed E-state index contributed by atoms with van der Waals surface area (Å²) in [6.07, 6.45) is 4.76. The second-order valence-electron chi connectivity index (χ2n) is 6.26. The van der Waals surface area contributed by atoms with Crippen LogP contribution in [-0.4, -0.2) is 31.3 Å². The van der Waals surface area contributed by atoms with Gasteiger partial charge in [0.05, 0.1) is 18.4 Å². The number of guanidine groups is 1. The van der Waals surface area contributed by atoms with Gasteiger partial charge in [-0.05, 0) is 43.3 Å². The largest absolute Gasteiger partial charge is 0.469 e. The maximum Gasteiger partial charge on any atom is 0.191 e. The molecule has 25 heavy (non-hydrogen) atoms. The lowest BCUT2D eigenvalue weighted by molar-refractivity contribution is 0.0242. The van der Waals surface area contributed by atoms with E-state index in [-0.39, 0.29) is 29.6 Å². The first kappa shape index (κ1) is 20.3. The highest BCUT2D eigenvalue weighted by Gasteiger charge is 2.29. The van der Waals surface area contributed by atoms with Gasteiger partial charge < -0.3 is 19.8 Å². The Bertz CT molecular complexity index is 623. The number of thiophene rings is 1. The van der Waals surface area contributed by atoms with Crippen LogP contribution < -0.4 is 10.6 Å². The molecule has 1 aliphatic rings. The third-order valence-corrected chi connectivity index (χ3v) is 5.01. The Hall–Kier alpha value is -1.06. The lowest BCUT2D eigenvalue weighted by Crippen LogP contribution is -2.46. The van der Waals surface area contributed by atoms with Crippen LogP contribution in [0.4, 0.5) is 0 Å². The van der Waals surface area contributed by atoms with Crippen LogP contribution in [0.2, 0.25) is 0 Å². The number of hydrogen-bond donors (Lipinski definition) is 2. The molecule has 1 unspecified atom stereocenters. The molecule has 0 spiro atoms. The van der Waals surface area contributed by atoms with Crippen LogP contribution in [0, 0.1) is 0 Å². The molecule has 3 rings (SSSR count). The third kappa shape index (κ3) is 6.63. The van der Waals surface area contributed by atoms with Crippen molar-refractivity contribution in [1.29, 1.82) is 0 Å². The van der Waals surface area contributed by atoms with Gasteiger partial charge in [0.25, 0.3) is 0 Å². The average molecular weight is 475 g/mol. The van der Waals surface area contributed by atoms with E-state index in [0.29, 0.717) is 6.54 Å². The van der Waals surface area contributed by atoms with Crippen molar-refractivity contribution in [3.8, 4) is 0 Å². The van der Waals surface area contributed by atoms with E-state index >= 15 is 0 Å². The quantitative estimate of drug-likeness (QED) is 0.364. The molecule has 0 aliphatic carbocycles. The van der Waals surface area contributed by atoms with E-state index in [4.69, 9.17) is 14.1 Å². The molecule has 138 valence electrons. The zero-order valence-corrected chi connectivity index (χ0v) is 17.6. The summed E-state index contributed by atoms with van der Waals surface area (Å²) in [4.78, 5) is 5.95. The van der Waals surface area contributed by atoms with Crippen LogP contribution in [0.1, 0.15) is 30.4 Å². The summed E-state index contributed by atoms with van der Waals surface area (Å²) in [6, 6.07) is 8.07. The van der Waals surface area contributed by atoms with Crippen molar-refractivity contribution in [1.82, 2.24) is 10.6 Å². The normalized spacial score (nSPS) is 20.3. The van der Waals surface area contributed by atoms with Crippen molar-refractivity contribution in [3.05, 3.63) is 46.5 Å². The number of nitrogens with one attached hydrogen (secondary N) is 2. The van der Waals surface area contributed by atoms with Gasteiger partial charge in [0.15, 0.2) is 5.96 Å². The van der Waals surface area contributed by atoms with Crippen molar-refractivity contribution >= 4 is 41.3 Å². The highest BCUT2D eigenvalue weighted by Crippen LogP contribution is 2.23. The maximum atomic E-state index is 5.85. The van der Waals surface area contributed by atoms with Gasteiger partial charge in [-0.1, -0.05) is 6.07 Å². The van der Waals surface area contributed by atoms with Crippen LogP contribution in [0.3, 0.4) is 0 Å². The summed E-state index contributed by atoms with van der Waals surface area (Å²) in [5.41, 5.74) is -0.0909. The van der Waals surface area contributed by atoms with Gasteiger partial charge in [-0.25, -0.2) is 4.99 Å². The van der Waals surface area contributed by atoms with Crippen LogP contribution in [0.15, 0.2) is 45.3 Å². The second kappa shape index (κ2) is 10.2. The average Bonchev–Trinajstić information content (AvgIpc) is 3.32. The molecular weight excluding hydrogens is 449 g/mol. The first-order valence-electron chi connectivity index (χ1n) is 8.44. The first-order valence-corrected chi connectivity index (χ1v) is 9.32. The van der Waals surface area contributed by atoms with Crippen LogP contribution in [0.25, 0.3) is 0 Å². The fourth-order valence-electron chi connectivity index (χ4n) is 2.74. The summed E-state index contributed by atoms with van der Waals surface area (Å²) in [6.45, 7) is 5.25. The van der Waals surface area contributed by atoms with Crippen LogP contribution in [0.5, 0.6) is 0 Å². The lowest BCUT2D eigenvalue weighted by Gasteiger charge is -2.24. The highest BCUT2D eigenvalue weighted by molar-refractivity contribution is 14.0. The summed E-state index contributed by atoms with van der Waals surface area (Å²) in [5.74, 6) is 1.80. The van der Waals surface area contributed by atoms with Crippen molar-refractivity contribution in [3.63, 3.8) is 0 Å². The Kier molecular flexibility index (Phi) is 8.25. The number of hydrogen-bond acceptors (Lipinski definition) is 4. The zero-order valence-electron chi connectivity index (χ0n) is 14.5.